The fourth-order valence-corrected chi connectivity index (χ4v) is 5.75. The Hall–Kier alpha value is -1.68. The molecule has 2 aromatic carbocycles. The fraction of sp³-hybridized carbons (Fsp3) is 0.318. The minimum absolute atomic E-state index is 0.0878. The van der Waals surface area contributed by atoms with E-state index in [0.29, 0.717) is 29.0 Å². The van der Waals surface area contributed by atoms with Gasteiger partial charge in [-0.15, -0.1) is 0 Å². The SMILES string of the molecule is CCOC(=S)SC(CN1C(=O)c2ccccc2C1=O)CC(F)(F)SCc1ccc(Cl)cc1. The summed E-state index contributed by atoms with van der Waals surface area (Å²) in [7, 11) is 0. The van der Waals surface area contributed by atoms with Crippen LogP contribution in [0.15, 0.2) is 48.5 Å². The molecule has 1 aliphatic rings. The largest absolute Gasteiger partial charge is 0.479 e. The van der Waals surface area contributed by atoms with Crippen molar-refractivity contribution in [3.8, 4) is 0 Å². The van der Waals surface area contributed by atoms with E-state index in [1.165, 1.54) is 0 Å². The first kappa shape index (κ1) is 25.0. The number of benzene rings is 2. The van der Waals surface area contributed by atoms with Gasteiger partial charge in [-0.2, -0.15) is 8.78 Å². The van der Waals surface area contributed by atoms with Crippen molar-refractivity contribution in [3.05, 3.63) is 70.2 Å². The number of carbonyl (C=O) groups is 2. The highest BCUT2D eigenvalue weighted by molar-refractivity contribution is 8.23. The van der Waals surface area contributed by atoms with E-state index in [1.807, 2.05) is 0 Å². The Bertz CT molecular complexity index is 969. The zero-order chi connectivity index (χ0) is 23.3. The van der Waals surface area contributed by atoms with Crippen molar-refractivity contribution >= 4 is 63.5 Å². The fourth-order valence-electron chi connectivity index (χ4n) is 3.13. The molecular weight excluding hydrogens is 496 g/mol. The molecule has 10 heteroatoms. The van der Waals surface area contributed by atoms with Crippen molar-refractivity contribution in [3.63, 3.8) is 0 Å². The number of alkyl halides is 2. The Balaban J connectivity index is 1.71. The first-order valence-corrected chi connectivity index (χ1v) is 12.4. The smallest absolute Gasteiger partial charge is 0.295 e. The number of fused-ring (bicyclic) bond motifs is 1. The molecule has 1 aliphatic heterocycles. The van der Waals surface area contributed by atoms with Gasteiger partial charge in [0.25, 0.3) is 17.1 Å². The van der Waals surface area contributed by atoms with Crippen LogP contribution in [0.25, 0.3) is 0 Å². The number of thiocarbonyl (C=S) groups is 1. The van der Waals surface area contributed by atoms with Crippen molar-refractivity contribution in [1.29, 1.82) is 0 Å². The van der Waals surface area contributed by atoms with Gasteiger partial charge in [0.2, 0.25) is 4.38 Å². The minimum Gasteiger partial charge on any atom is -0.479 e. The molecule has 32 heavy (non-hydrogen) atoms. The van der Waals surface area contributed by atoms with Gasteiger partial charge in [0.05, 0.1) is 17.7 Å². The summed E-state index contributed by atoms with van der Waals surface area (Å²) in [6.07, 6.45) is -0.587. The average molecular weight is 516 g/mol. The third-order valence-corrected chi connectivity index (χ3v) is 7.30. The summed E-state index contributed by atoms with van der Waals surface area (Å²) in [5.74, 6) is -0.892. The van der Waals surface area contributed by atoms with E-state index < -0.39 is 28.7 Å². The summed E-state index contributed by atoms with van der Waals surface area (Å²) in [4.78, 5) is 26.4. The molecule has 1 unspecified atom stereocenters. The van der Waals surface area contributed by atoms with Crippen LogP contribution >= 0.6 is 47.3 Å². The second-order valence-corrected chi connectivity index (χ2v) is 10.5. The Morgan fingerprint density at radius 1 is 1.12 bits per heavy atom. The number of thioether (sulfide) groups is 2. The van der Waals surface area contributed by atoms with Gasteiger partial charge in [-0.3, -0.25) is 14.5 Å². The third kappa shape index (κ3) is 6.43. The lowest BCUT2D eigenvalue weighted by Gasteiger charge is -2.26. The van der Waals surface area contributed by atoms with Gasteiger partial charge in [-0.05, 0) is 49.0 Å². The molecule has 0 aliphatic carbocycles. The molecule has 170 valence electrons. The van der Waals surface area contributed by atoms with E-state index in [1.54, 1.807) is 55.5 Å². The molecule has 0 bridgehead atoms. The van der Waals surface area contributed by atoms with E-state index in [4.69, 9.17) is 28.6 Å². The zero-order valence-electron chi connectivity index (χ0n) is 17.1. The van der Waals surface area contributed by atoms with E-state index in [2.05, 4.69) is 0 Å². The Labute approximate surface area is 204 Å². The van der Waals surface area contributed by atoms with Crippen molar-refractivity contribution in [2.75, 3.05) is 13.2 Å². The molecule has 0 N–H and O–H groups in total. The van der Waals surface area contributed by atoms with Gasteiger partial charge in [0.1, 0.15) is 0 Å². The summed E-state index contributed by atoms with van der Waals surface area (Å²) in [6, 6.07) is 13.1. The molecule has 0 saturated carbocycles. The van der Waals surface area contributed by atoms with Crippen LogP contribution in [0.4, 0.5) is 8.78 Å². The van der Waals surface area contributed by atoms with Crippen LogP contribution in [0, 0.1) is 0 Å². The molecule has 0 fully saturated rings. The van der Waals surface area contributed by atoms with E-state index >= 15 is 0 Å². The number of ether oxygens (including phenoxy) is 1. The normalized spacial score (nSPS) is 14.4. The first-order valence-electron chi connectivity index (χ1n) is 9.75. The zero-order valence-corrected chi connectivity index (χ0v) is 20.3. The van der Waals surface area contributed by atoms with Gasteiger partial charge in [0, 0.05) is 29.0 Å². The number of hydrogen-bond donors (Lipinski definition) is 0. The van der Waals surface area contributed by atoms with Crippen molar-refractivity contribution in [2.24, 2.45) is 0 Å². The number of halogens is 3. The second-order valence-electron chi connectivity index (χ2n) is 6.95. The predicted molar refractivity (Wildman–Crippen MR) is 130 cm³/mol. The molecule has 3 rings (SSSR count). The van der Waals surface area contributed by atoms with Crippen LogP contribution in [0.3, 0.4) is 0 Å². The molecule has 0 spiro atoms. The lowest BCUT2D eigenvalue weighted by atomic mass is 10.1. The quantitative estimate of drug-likeness (QED) is 0.289. The van der Waals surface area contributed by atoms with Crippen LogP contribution in [0.1, 0.15) is 39.6 Å². The highest BCUT2D eigenvalue weighted by Gasteiger charge is 2.40. The van der Waals surface area contributed by atoms with Crippen LogP contribution in [0.2, 0.25) is 5.02 Å². The van der Waals surface area contributed by atoms with Crippen LogP contribution in [-0.2, 0) is 10.5 Å². The lowest BCUT2D eigenvalue weighted by molar-refractivity contribution is 0.0615. The number of amides is 2. The molecule has 0 radical (unpaired) electrons. The lowest BCUT2D eigenvalue weighted by Crippen LogP contribution is -2.38. The highest BCUT2D eigenvalue weighted by atomic mass is 35.5. The molecule has 0 aromatic heterocycles. The highest BCUT2D eigenvalue weighted by Crippen LogP contribution is 2.40. The van der Waals surface area contributed by atoms with Crippen LogP contribution < -0.4 is 0 Å². The number of nitrogens with zero attached hydrogens (tertiary/aromatic N) is 1. The van der Waals surface area contributed by atoms with Crippen molar-refractivity contribution in [2.45, 2.75) is 29.6 Å². The summed E-state index contributed by atoms with van der Waals surface area (Å²) in [5.41, 5.74) is 1.27. The minimum atomic E-state index is -3.11. The van der Waals surface area contributed by atoms with Gasteiger partial charge < -0.3 is 4.74 Å². The number of rotatable bonds is 9. The molecule has 2 aromatic rings. The Morgan fingerprint density at radius 2 is 1.72 bits per heavy atom. The summed E-state index contributed by atoms with van der Waals surface area (Å²) in [6.45, 7) is 1.84. The number of carbonyl (C=O) groups excluding carboxylic acids is 2. The maximum Gasteiger partial charge on any atom is 0.295 e. The number of hydrogen-bond acceptors (Lipinski definition) is 6. The van der Waals surface area contributed by atoms with E-state index in [-0.39, 0.29) is 27.8 Å². The molecule has 2 amide bonds. The van der Waals surface area contributed by atoms with Crippen molar-refractivity contribution < 1.29 is 23.1 Å². The monoisotopic (exact) mass is 515 g/mol. The van der Waals surface area contributed by atoms with Gasteiger partial charge in [-0.25, -0.2) is 0 Å². The molecule has 1 heterocycles. The van der Waals surface area contributed by atoms with Crippen LogP contribution in [0.5, 0.6) is 0 Å². The standard InChI is InChI=1S/C22H20ClF2NO3S3/c1-2-29-21(30)32-16(11-22(24,25)31-13-14-7-9-15(23)10-8-14)12-26-19(27)17-5-3-4-6-18(17)20(26)28/h3-10,16H,2,11-13H2,1H3. The summed E-state index contributed by atoms with van der Waals surface area (Å²) < 4.78 is 35.1. The van der Waals surface area contributed by atoms with Crippen molar-refractivity contribution in [1.82, 2.24) is 4.90 Å². The molecule has 0 saturated heterocycles. The van der Waals surface area contributed by atoms with Gasteiger partial charge in [0.15, 0.2) is 0 Å². The molecular formula is C22H20ClF2NO3S3. The van der Waals surface area contributed by atoms with E-state index in [0.717, 1.165) is 16.7 Å². The second kappa shape index (κ2) is 11.0. The summed E-state index contributed by atoms with van der Waals surface area (Å²) >= 11 is 12.4. The van der Waals surface area contributed by atoms with Gasteiger partial charge >= 0.3 is 0 Å². The molecule has 4 nitrogen and oxygen atoms in total. The molecule has 1 atom stereocenters. The van der Waals surface area contributed by atoms with E-state index in [9.17, 15) is 18.4 Å². The van der Waals surface area contributed by atoms with Gasteiger partial charge in [-0.1, -0.05) is 59.4 Å². The van der Waals surface area contributed by atoms with Crippen LogP contribution in [-0.4, -0.2) is 44.8 Å². The first-order chi connectivity index (χ1) is 15.2. The maximum atomic E-state index is 14.9. The maximum absolute atomic E-state index is 14.9. The Kier molecular flexibility index (Phi) is 8.55. The Morgan fingerprint density at radius 3 is 2.28 bits per heavy atom. The number of imide groups is 1. The predicted octanol–water partition coefficient (Wildman–Crippen LogP) is 6.28. The third-order valence-electron chi connectivity index (χ3n) is 4.62. The average Bonchev–Trinajstić information content (AvgIpc) is 2.98. The summed E-state index contributed by atoms with van der Waals surface area (Å²) in [5, 5.41) is -3.41. The topological polar surface area (TPSA) is 46.6 Å².